The molecule has 1 N–H and O–H groups in total. The van der Waals surface area contributed by atoms with Gasteiger partial charge in [0, 0.05) is 25.6 Å². The average molecular weight is 330 g/mol. The maximum atomic E-state index is 12.3. The number of carboxylic acids is 1. The molecule has 0 radical (unpaired) electrons. The third kappa shape index (κ3) is 3.58. The van der Waals surface area contributed by atoms with Crippen molar-refractivity contribution in [2.45, 2.75) is 38.1 Å². The Hall–Kier alpha value is -2.77. The van der Waals surface area contributed by atoms with Gasteiger partial charge in [-0.05, 0) is 31.4 Å². The molecule has 1 unspecified atom stereocenters. The first-order chi connectivity index (χ1) is 11.6. The fraction of sp³-hybridized carbons (Fsp3) is 0.438. The molecule has 0 spiro atoms. The second-order valence-corrected chi connectivity index (χ2v) is 5.66. The first-order valence-electron chi connectivity index (χ1n) is 7.91. The van der Waals surface area contributed by atoms with Gasteiger partial charge in [0.1, 0.15) is 11.7 Å². The van der Waals surface area contributed by atoms with Gasteiger partial charge in [-0.1, -0.05) is 11.2 Å². The standard InChI is InChI=1S/C16H18N4O4/c21-14(20-10-4-2-6-12(20)16(22)23)8-7-13-18-15(19-24-13)11-5-1-3-9-17-11/h1,3,5,9,12H,2,4,6-8,10H2,(H,22,23). The van der Waals surface area contributed by atoms with Gasteiger partial charge in [-0.15, -0.1) is 0 Å². The highest BCUT2D eigenvalue weighted by Gasteiger charge is 2.31. The maximum Gasteiger partial charge on any atom is 0.326 e. The lowest BCUT2D eigenvalue weighted by molar-refractivity contribution is -0.152. The van der Waals surface area contributed by atoms with E-state index in [9.17, 15) is 14.7 Å². The molecule has 2 aromatic rings. The quantitative estimate of drug-likeness (QED) is 0.885. The van der Waals surface area contributed by atoms with Crippen molar-refractivity contribution in [1.29, 1.82) is 0 Å². The van der Waals surface area contributed by atoms with Gasteiger partial charge < -0.3 is 14.5 Å². The van der Waals surface area contributed by atoms with E-state index in [-0.39, 0.29) is 18.7 Å². The van der Waals surface area contributed by atoms with Crippen molar-refractivity contribution in [3.63, 3.8) is 0 Å². The third-order valence-corrected chi connectivity index (χ3v) is 4.02. The molecule has 3 heterocycles. The van der Waals surface area contributed by atoms with Gasteiger partial charge in [0.05, 0.1) is 0 Å². The number of piperidine rings is 1. The summed E-state index contributed by atoms with van der Waals surface area (Å²) in [6.45, 7) is 0.485. The van der Waals surface area contributed by atoms with Crippen molar-refractivity contribution in [3.05, 3.63) is 30.3 Å². The van der Waals surface area contributed by atoms with Crippen LogP contribution in [0.15, 0.2) is 28.9 Å². The molecule has 0 bridgehead atoms. The van der Waals surface area contributed by atoms with Gasteiger partial charge in [0.25, 0.3) is 0 Å². The van der Waals surface area contributed by atoms with E-state index in [2.05, 4.69) is 15.1 Å². The van der Waals surface area contributed by atoms with Crippen molar-refractivity contribution in [2.24, 2.45) is 0 Å². The summed E-state index contributed by atoms with van der Waals surface area (Å²) in [5, 5.41) is 13.1. The van der Waals surface area contributed by atoms with Gasteiger partial charge >= 0.3 is 5.97 Å². The van der Waals surface area contributed by atoms with Crippen LogP contribution in [0.4, 0.5) is 0 Å². The summed E-state index contributed by atoms with van der Waals surface area (Å²) in [5.74, 6) is -0.426. The minimum Gasteiger partial charge on any atom is -0.480 e. The Morgan fingerprint density at radius 3 is 2.96 bits per heavy atom. The predicted octanol–water partition coefficient (Wildman–Crippen LogP) is 1.53. The normalized spacial score (nSPS) is 17.7. The summed E-state index contributed by atoms with van der Waals surface area (Å²) < 4.78 is 5.14. The first kappa shape index (κ1) is 16.1. The van der Waals surface area contributed by atoms with E-state index in [0.29, 0.717) is 30.4 Å². The Kier molecular flexibility index (Phi) is 4.83. The first-order valence-corrected chi connectivity index (χ1v) is 7.91. The van der Waals surface area contributed by atoms with Crippen LogP contribution in [-0.2, 0) is 16.0 Å². The molecular weight excluding hydrogens is 312 g/mol. The molecule has 1 aliphatic heterocycles. The van der Waals surface area contributed by atoms with Crippen LogP contribution in [0.2, 0.25) is 0 Å². The van der Waals surface area contributed by atoms with E-state index in [1.165, 1.54) is 4.90 Å². The predicted molar refractivity (Wildman–Crippen MR) is 82.8 cm³/mol. The van der Waals surface area contributed by atoms with Crippen LogP contribution >= 0.6 is 0 Å². The largest absolute Gasteiger partial charge is 0.480 e. The van der Waals surface area contributed by atoms with E-state index in [1.54, 1.807) is 18.3 Å². The number of carbonyl (C=O) groups is 2. The summed E-state index contributed by atoms with van der Waals surface area (Å²) in [5.41, 5.74) is 0.598. The number of hydrogen-bond acceptors (Lipinski definition) is 6. The summed E-state index contributed by atoms with van der Waals surface area (Å²) in [6.07, 6.45) is 4.23. The SMILES string of the molecule is O=C(O)C1CCCCN1C(=O)CCc1nc(-c2ccccn2)no1. The van der Waals surface area contributed by atoms with Gasteiger partial charge in [-0.2, -0.15) is 4.98 Å². The zero-order valence-electron chi connectivity index (χ0n) is 13.1. The minimum atomic E-state index is -0.946. The zero-order valence-corrected chi connectivity index (χ0v) is 13.1. The Bertz CT molecular complexity index is 716. The molecule has 1 fully saturated rings. The van der Waals surface area contributed by atoms with Crippen molar-refractivity contribution >= 4 is 11.9 Å². The highest BCUT2D eigenvalue weighted by molar-refractivity contribution is 5.83. The fourth-order valence-corrected chi connectivity index (χ4v) is 2.80. The average Bonchev–Trinajstić information content (AvgIpc) is 3.09. The number of amides is 1. The van der Waals surface area contributed by atoms with Crippen LogP contribution in [0.1, 0.15) is 31.6 Å². The Morgan fingerprint density at radius 2 is 2.21 bits per heavy atom. The number of carboxylic acid groups (broad SMARTS) is 1. The molecule has 8 nitrogen and oxygen atoms in total. The minimum absolute atomic E-state index is 0.146. The number of carbonyl (C=O) groups excluding carboxylic acids is 1. The number of rotatable bonds is 5. The van der Waals surface area contributed by atoms with E-state index in [4.69, 9.17) is 4.52 Å². The number of likely N-dealkylation sites (tertiary alicyclic amines) is 1. The molecule has 0 saturated carbocycles. The van der Waals surface area contributed by atoms with E-state index >= 15 is 0 Å². The summed E-state index contributed by atoms with van der Waals surface area (Å²) >= 11 is 0. The number of aromatic nitrogens is 3. The fourth-order valence-electron chi connectivity index (χ4n) is 2.80. The number of aryl methyl sites for hydroxylation is 1. The molecule has 1 saturated heterocycles. The van der Waals surface area contributed by atoms with Crippen LogP contribution in [-0.4, -0.2) is 49.6 Å². The second-order valence-electron chi connectivity index (χ2n) is 5.66. The summed E-state index contributed by atoms with van der Waals surface area (Å²) in [7, 11) is 0. The lowest BCUT2D eigenvalue weighted by Gasteiger charge is -2.32. The van der Waals surface area contributed by atoms with E-state index in [0.717, 1.165) is 12.8 Å². The van der Waals surface area contributed by atoms with Gasteiger partial charge in [0.2, 0.25) is 17.6 Å². The van der Waals surface area contributed by atoms with Crippen molar-refractivity contribution in [3.8, 4) is 11.5 Å². The van der Waals surface area contributed by atoms with Gasteiger partial charge in [-0.25, -0.2) is 4.79 Å². The molecule has 8 heteroatoms. The monoisotopic (exact) mass is 330 g/mol. The highest BCUT2D eigenvalue weighted by Crippen LogP contribution is 2.19. The zero-order chi connectivity index (χ0) is 16.9. The van der Waals surface area contributed by atoms with E-state index in [1.807, 2.05) is 6.07 Å². The molecule has 24 heavy (non-hydrogen) atoms. The van der Waals surface area contributed by atoms with Gasteiger partial charge in [0.15, 0.2) is 0 Å². The van der Waals surface area contributed by atoms with Crippen LogP contribution in [0.5, 0.6) is 0 Å². The van der Waals surface area contributed by atoms with E-state index < -0.39 is 12.0 Å². The molecule has 126 valence electrons. The van der Waals surface area contributed by atoms with Crippen LogP contribution in [0.3, 0.4) is 0 Å². The molecule has 2 aromatic heterocycles. The summed E-state index contributed by atoms with van der Waals surface area (Å²) in [4.78, 5) is 33.4. The molecule has 3 rings (SSSR count). The summed E-state index contributed by atoms with van der Waals surface area (Å²) in [6, 6.07) is 4.66. The Labute approximate surface area is 138 Å². The molecule has 0 aliphatic carbocycles. The molecule has 1 atom stereocenters. The second kappa shape index (κ2) is 7.20. The molecule has 1 amide bonds. The number of aliphatic carboxylic acids is 1. The Morgan fingerprint density at radius 1 is 1.33 bits per heavy atom. The number of hydrogen-bond donors (Lipinski definition) is 1. The lowest BCUT2D eigenvalue weighted by atomic mass is 10.0. The van der Waals surface area contributed by atoms with Crippen molar-refractivity contribution < 1.29 is 19.2 Å². The smallest absolute Gasteiger partial charge is 0.326 e. The van der Waals surface area contributed by atoms with Crippen LogP contribution in [0, 0.1) is 0 Å². The Balaban J connectivity index is 1.60. The highest BCUT2D eigenvalue weighted by atomic mass is 16.5. The number of nitrogens with zero attached hydrogens (tertiary/aromatic N) is 4. The lowest BCUT2D eigenvalue weighted by Crippen LogP contribution is -2.48. The molecular formula is C16H18N4O4. The molecule has 1 aliphatic rings. The van der Waals surface area contributed by atoms with Crippen LogP contribution in [0.25, 0.3) is 11.5 Å². The number of pyridine rings is 1. The third-order valence-electron chi connectivity index (χ3n) is 4.02. The maximum absolute atomic E-state index is 12.3. The van der Waals surface area contributed by atoms with Gasteiger partial charge in [-0.3, -0.25) is 9.78 Å². The van der Waals surface area contributed by atoms with Crippen molar-refractivity contribution in [1.82, 2.24) is 20.0 Å². The topological polar surface area (TPSA) is 109 Å². The molecule has 0 aromatic carbocycles. The van der Waals surface area contributed by atoms with Crippen molar-refractivity contribution in [2.75, 3.05) is 6.54 Å². The van der Waals surface area contributed by atoms with Crippen LogP contribution < -0.4 is 0 Å².